The van der Waals surface area contributed by atoms with Crippen LogP contribution in [0.1, 0.15) is 43.1 Å². The van der Waals surface area contributed by atoms with Gasteiger partial charge in [-0.15, -0.1) is 0 Å². The molecule has 2 aliphatic carbocycles. The normalized spacial score (nSPS) is 17.2. The third-order valence-corrected chi connectivity index (χ3v) is 6.05. The minimum Gasteiger partial charge on any atom is -0.339 e. The molecule has 1 unspecified atom stereocenters. The van der Waals surface area contributed by atoms with Crippen molar-refractivity contribution in [3.63, 3.8) is 0 Å². The summed E-state index contributed by atoms with van der Waals surface area (Å²) in [6.45, 7) is 2.45. The van der Waals surface area contributed by atoms with Crippen molar-refractivity contribution in [2.75, 3.05) is 5.32 Å². The second-order valence-electron chi connectivity index (χ2n) is 7.70. The lowest BCUT2D eigenvalue weighted by Crippen LogP contribution is -2.50. The van der Waals surface area contributed by atoms with Crippen LogP contribution in [0, 0.1) is 23.7 Å². The average molecular weight is 464 g/mol. The monoisotopic (exact) mass is 463 g/mol. The second-order valence-corrected chi connectivity index (χ2v) is 8.51. The first-order chi connectivity index (χ1) is 14.0. The highest BCUT2D eigenvalue weighted by Gasteiger charge is 2.48. The first-order valence-electron chi connectivity index (χ1n) is 9.93. The third kappa shape index (κ3) is 4.49. The van der Waals surface area contributed by atoms with E-state index in [-0.39, 0.29) is 17.5 Å². The van der Waals surface area contributed by atoms with E-state index in [2.05, 4.69) is 36.6 Å². The van der Waals surface area contributed by atoms with Gasteiger partial charge in [-0.2, -0.15) is 9.49 Å². The van der Waals surface area contributed by atoms with Gasteiger partial charge in [-0.05, 0) is 84.5 Å². The fourth-order valence-corrected chi connectivity index (χ4v) is 4.22. The van der Waals surface area contributed by atoms with Gasteiger partial charge >= 0.3 is 0 Å². The Morgan fingerprint density at radius 3 is 2.52 bits per heavy atom. The van der Waals surface area contributed by atoms with E-state index in [0.717, 1.165) is 25.7 Å². The molecule has 29 heavy (non-hydrogen) atoms. The van der Waals surface area contributed by atoms with Crippen LogP contribution < -0.4 is 10.6 Å². The maximum absolute atomic E-state index is 14.1. The zero-order chi connectivity index (χ0) is 20.5. The second kappa shape index (κ2) is 8.22. The number of amides is 2. The molecular formula is C20H23BrFN5O2. The smallest absolute Gasteiger partial charge is 0.270 e. The molecule has 0 saturated heterocycles. The van der Waals surface area contributed by atoms with E-state index >= 15 is 0 Å². The number of aryl methyl sites for hydroxylation is 1. The van der Waals surface area contributed by atoms with Crippen molar-refractivity contribution in [2.24, 2.45) is 17.8 Å². The number of carbonyl (C=O) groups is 2. The lowest BCUT2D eigenvalue weighted by atomic mass is 9.88. The molecule has 0 aliphatic heterocycles. The predicted molar refractivity (Wildman–Crippen MR) is 109 cm³/mol. The van der Waals surface area contributed by atoms with Crippen molar-refractivity contribution in [1.29, 1.82) is 0 Å². The molecule has 2 N–H and O–H groups in total. The summed E-state index contributed by atoms with van der Waals surface area (Å²) in [7, 11) is 0. The van der Waals surface area contributed by atoms with E-state index in [9.17, 15) is 14.0 Å². The van der Waals surface area contributed by atoms with Gasteiger partial charge < -0.3 is 10.6 Å². The molecule has 2 saturated carbocycles. The number of nitrogens with zero attached hydrogens (tertiary/aromatic N) is 3. The fraction of sp³-hybridized carbons (Fsp3) is 0.500. The highest BCUT2D eigenvalue weighted by Crippen LogP contribution is 2.50. The Kier molecular flexibility index (Phi) is 5.67. The summed E-state index contributed by atoms with van der Waals surface area (Å²) >= 11 is 3.11. The summed E-state index contributed by atoms with van der Waals surface area (Å²) in [6, 6.07) is 3.92. The van der Waals surface area contributed by atoms with Gasteiger partial charge in [0.25, 0.3) is 5.91 Å². The Labute approximate surface area is 176 Å². The summed E-state index contributed by atoms with van der Waals surface area (Å²) in [4.78, 5) is 29.8. The standard InChI is InChI=1S/C20H23BrFN5O2/c1-2-27-14(9-10-23-27)19(28)26-17(16(11-3-4-11)12-5-6-12)20(29)24-13-7-8-15(21)25-18(13)22/h7-12,16-17H,2-6H2,1H3,(H,24,29)(H,26,28). The summed E-state index contributed by atoms with van der Waals surface area (Å²) in [5.41, 5.74) is 0.411. The van der Waals surface area contributed by atoms with E-state index in [1.807, 2.05) is 6.92 Å². The summed E-state index contributed by atoms with van der Waals surface area (Å²) in [5, 5.41) is 9.68. The average Bonchev–Trinajstić information content (AvgIpc) is 3.63. The van der Waals surface area contributed by atoms with Gasteiger partial charge in [-0.1, -0.05) is 0 Å². The van der Waals surface area contributed by atoms with E-state index in [1.165, 1.54) is 6.07 Å². The van der Waals surface area contributed by atoms with Crippen molar-refractivity contribution >= 4 is 33.4 Å². The Morgan fingerprint density at radius 1 is 1.24 bits per heavy atom. The summed E-state index contributed by atoms with van der Waals surface area (Å²) in [6.07, 6.45) is 5.79. The number of hydrogen-bond acceptors (Lipinski definition) is 4. The van der Waals surface area contributed by atoms with Crippen LogP contribution >= 0.6 is 15.9 Å². The Hall–Kier alpha value is -2.29. The minimum absolute atomic E-state index is 0.00129. The van der Waals surface area contributed by atoms with Gasteiger partial charge in [-0.25, -0.2) is 4.98 Å². The predicted octanol–water partition coefficient (Wildman–Crippen LogP) is 3.37. The van der Waals surface area contributed by atoms with Crippen LogP contribution in [0.25, 0.3) is 0 Å². The summed E-state index contributed by atoms with van der Waals surface area (Å²) in [5.74, 6) is -0.623. The van der Waals surface area contributed by atoms with Crippen LogP contribution in [0.2, 0.25) is 0 Å². The maximum Gasteiger partial charge on any atom is 0.270 e. The van der Waals surface area contributed by atoms with Gasteiger partial charge in [0.1, 0.15) is 16.3 Å². The van der Waals surface area contributed by atoms with Crippen molar-refractivity contribution in [1.82, 2.24) is 20.1 Å². The van der Waals surface area contributed by atoms with E-state index in [1.54, 1.807) is 23.0 Å². The molecule has 0 radical (unpaired) electrons. The molecule has 2 aliphatic rings. The van der Waals surface area contributed by atoms with E-state index < -0.39 is 17.9 Å². The van der Waals surface area contributed by atoms with Crippen LogP contribution in [0.3, 0.4) is 0 Å². The van der Waals surface area contributed by atoms with Crippen LogP contribution in [0.5, 0.6) is 0 Å². The number of pyridine rings is 1. The number of anilines is 1. The Balaban J connectivity index is 1.57. The quantitative estimate of drug-likeness (QED) is 0.587. The molecule has 2 heterocycles. The highest BCUT2D eigenvalue weighted by atomic mass is 79.9. The minimum atomic E-state index is -0.767. The van der Waals surface area contributed by atoms with Crippen molar-refractivity contribution in [2.45, 2.75) is 45.2 Å². The molecule has 2 aromatic heterocycles. The number of aromatic nitrogens is 3. The van der Waals surface area contributed by atoms with E-state index in [0.29, 0.717) is 28.7 Å². The zero-order valence-electron chi connectivity index (χ0n) is 16.1. The number of halogens is 2. The third-order valence-electron chi connectivity index (χ3n) is 5.61. The SMILES string of the molecule is CCn1nccc1C(=O)NC(C(=O)Nc1ccc(Br)nc1F)C(C1CC1)C1CC1. The Morgan fingerprint density at radius 2 is 1.93 bits per heavy atom. The molecule has 0 aromatic carbocycles. The fourth-order valence-electron chi connectivity index (χ4n) is 3.94. The number of hydrogen-bond donors (Lipinski definition) is 2. The van der Waals surface area contributed by atoms with Crippen LogP contribution in [0.15, 0.2) is 29.0 Å². The molecule has 9 heteroatoms. The molecule has 0 spiro atoms. The van der Waals surface area contributed by atoms with Gasteiger partial charge in [-0.3, -0.25) is 14.3 Å². The largest absolute Gasteiger partial charge is 0.339 e. The van der Waals surface area contributed by atoms with Gasteiger partial charge in [0.05, 0.1) is 5.69 Å². The lowest BCUT2D eigenvalue weighted by Gasteiger charge is -2.27. The maximum atomic E-state index is 14.1. The molecule has 7 nitrogen and oxygen atoms in total. The van der Waals surface area contributed by atoms with Gasteiger partial charge in [0, 0.05) is 12.7 Å². The lowest BCUT2D eigenvalue weighted by molar-refractivity contribution is -0.119. The first kappa shape index (κ1) is 20.0. The molecule has 0 bridgehead atoms. The van der Waals surface area contributed by atoms with Crippen molar-refractivity contribution in [3.05, 3.63) is 40.6 Å². The number of rotatable bonds is 8. The van der Waals surface area contributed by atoms with Crippen molar-refractivity contribution < 1.29 is 14.0 Å². The molecule has 2 aromatic rings. The summed E-state index contributed by atoms with van der Waals surface area (Å²) < 4.78 is 16.1. The van der Waals surface area contributed by atoms with Crippen molar-refractivity contribution in [3.8, 4) is 0 Å². The van der Waals surface area contributed by atoms with Gasteiger partial charge in [0.2, 0.25) is 11.9 Å². The van der Waals surface area contributed by atoms with E-state index in [4.69, 9.17) is 0 Å². The number of carbonyl (C=O) groups excluding carboxylic acids is 2. The van der Waals surface area contributed by atoms with Crippen LogP contribution in [0.4, 0.5) is 10.1 Å². The molecule has 4 rings (SSSR count). The molecule has 2 fully saturated rings. The molecule has 1 atom stereocenters. The highest BCUT2D eigenvalue weighted by molar-refractivity contribution is 9.10. The van der Waals surface area contributed by atoms with Crippen LogP contribution in [-0.2, 0) is 11.3 Å². The number of nitrogens with one attached hydrogen (secondary N) is 2. The molecule has 154 valence electrons. The Bertz CT molecular complexity index is 913. The topological polar surface area (TPSA) is 88.9 Å². The zero-order valence-corrected chi connectivity index (χ0v) is 17.7. The first-order valence-corrected chi connectivity index (χ1v) is 10.7. The van der Waals surface area contributed by atoms with Gasteiger partial charge in [0.15, 0.2) is 0 Å². The molecular weight excluding hydrogens is 441 g/mol. The molecule has 2 amide bonds. The van der Waals surface area contributed by atoms with Crippen LogP contribution in [-0.4, -0.2) is 32.6 Å².